The van der Waals surface area contributed by atoms with Gasteiger partial charge in [-0.25, -0.2) is 0 Å². The maximum absolute atomic E-state index is 12.2. The molecule has 2 rings (SSSR count). The van der Waals surface area contributed by atoms with Crippen molar-refractivity contribution < 1.29 is 27.9 Å². The third kappa shape index (κ3) is 3.14. The van der Waals surface area contributed by atoms with Gasteiger partial charge in [-0.15, -0.1) is 24.5 Å². The molecule has 0 saturated carbocycles. The lowest BCUT2D eigenvalue weighted by Crippen LogP contribution is -2.36. The minimum atomic E-state index is -4.79. The molecule has 2 unspecified atom stereocenters. The van der Waals surface area contributed by atoms with E-state index in [1.807, 2.05) is 0 Å². The lowest BCUT2D eigenvalue weighted by atomic mass is 9.72. The van der Waals surface area contributed by atoms with Crippen LogP contribution in [0, 0.1) is 16.0 Å². The summed E-state index contributed by atoms with van der Waals surface area (Å²) in [4.78, 5) is 10.7. The Balaban J connectivity index is 2.33. The van der Waals surface area contributed by atoms with Gasteiger partial charge in [0, 0.05) is 16.3 Å². The smallest absolute Gasteiger partial charge is 0.405 e. The van der Waals surface area contributed by atoms with Crippen LogP contribution in [-0.4, -0.2) is 23.0 Å². The largest absolute Gasteiger partial charge is 0.573 e. The van der Waals surface area contributed by atoms with Crippen molar-refractivity contribution in [1.29, 1.82) is 0 Å². The van der Waals surface area contributed by atoms with Crippen molar-refractivity contribution in [3.63, 3.8) is 0 Å². The summed E-state index contributed by atoms with van der Waals surface area (Å²) in [5, 5.41) is 21.7. The van der Waals surface area contributed by atoms with Crippen LogP contribution in [0.5, 0.6) is 5.75 Å². The summed E-state index contributed by atoms with van der Waals surface area (Å²) in [5.74, 6) is -0.828. The van der Waals surface area contributed by atoms with E-state index >= 15 is 0 Å². The quantitative estimate of drug-likeness (QED) is 0.677. The number of rotatable bonds is 4. The Labute approximate surface area is 127 Å². The number of nitrogens with zero attached hydrogens (tertiary/aromatic N) is 1. The van der Waals surface area contributed by atoms with Crippen molar-refractivity contribution in [1.82, 2.24) is 0 Å². The zero-order valence-corrected chi connectivity index (χ0v) is 12.1. The van der Waals surface area contributed by atoms with E-state index in [9.17, 15) is 28.4 Å². The number of nitro groups is 1. The van der Waals surface area contributed by atoms with Gasteiger partial charge < -0.3 is 9.84 Å². The van der Waals surface area contributed by atoms with Gasteiger partial charge in [-0.1, -0.05) is 13.0 Å². The summed E-state index contributed by atoms with van der Waals surface area (Å²) in [7, 11) is 0. The molecule has 0 radical (unpaired) electrons. The van der Waals surface area contributed by atoms with Gasteiger partial charge in [-0.2, -0.15) is 0 Å². The van der Waals surface area contributed by atoms with Gasteiger partial charge in [-0.3, -0.25) is 10.1 Å². The monoisotopic (exact) mass is 335 g/mol. The molecule has 1 N–H and O–H groups in total. The average Bonchev–Trinajstić information content (AvgIpc) is 2.85. The van der Waals surface area contributed by atoms with Gasteiger partial charge >= 0.3 is 6.36 Å². The van der Waals surface area contributed by atoms with Crippen LogP contribution in [0.1, 0.15) is 11.8 Å². The Morgan fingerprint density at radius 1 is 1.55 bits per heavy atom. The van der Waals surface area contributed by atoms with Crippen LogP contribution in [0.15, 0.2) is 35.4 Å². The molecule has 0 amide bonds. The summed E-state index contributed by atoms with van der Waals surface area (Å²) in [6.45, 7) is 1.27. The Hall–Kier alpha value is -1.87. The van der Waals surface area contributed by atoms with Crippen LogP contribution in [0.4, 0.5) is 13.2 Å². The number of alkyl halides is 3. The first-order chi connectivity index (χ1) is 10.2. The number of hydrogen-bond acceptors (Lipinski definition) is 5. The molecule has 5 nitrogen and oxygen atoms in total. The predicted molar refractivity (Wildman–Crippen MR) is 73.1 cm³/mol. The van der Waals surface area contributed by atoms with Crippen molar-refractivity contribution in [2.24, 2.45) is 5.92 Å². The third-order valence-corrected chi connectivity index (χ3v) is 4.63. The fraction of sp³-hybridized carbons (Fsp3) is 0.385. The number of hydrogen-bond donors (Lipinski definition) is 1. The van der Waals surface area contributed by atoms with Crippen LogP contribution in [-0.2, 0) is 5.41 Å². The molecule has 0 bridgehead atoms. The molecular formula is C13H12F3NO4S. The number of thiophene rings is 1. The topological polar surface area (TPSA) is 72.6 Å². The maximum atomic E-state index is 12.2. The standard InChI is InChI=1S/C13H12F3NO4S/c1-8-4-9(17(19)20)2-3-12(8,7-18)11-5-10(6-22-11)21-13(14,15)16/h2-6,8,18H,7H2,1H3. The van der Waals surface area contributed by atoms with Crippen LogP contribution in [0.2, 0.25) is 0 Å². The molecule has 120 valence electrons. The molecule has 1 aromatic rings. The molecule has 1 aliphatic rings. The molecule has 1 heterocycles. The van der Waals surface area contributed by atoms with E-state index in [4.69, 9.17) is 0 Å². The Morgan fingerprint density at radius 3 is 2.73 bits per heavy atom. The Morgan fingerprint density at radius 2 is 2.23 bits per heavy atom. The van der Waals surface area contributed by atoms with E-state index in [0.717, 1.165) is 11.3 Å². The molecule has 0 aliphatic heterocycles. The van der Waals surface area contributed by atoms with Crippen LogP contribution >= 0.6 is 11.3 Å². The zero-order chi connectivity index (χ0) is 16.5. The van der Waals surface area contributed by atoms with E-state index in [2.05, 4.69) is 4.74 Å². The molecule has 1 aromatic heterocycles. The molecule has 22 heavy (non-hydrogen) atoms. The number of aliphatic hydroxyl groups is 1. The first-order valence-electron chi connectivity index (χ1n) is 6.19. The van der Waals surface area contributed by atoms with E-state index in [1.54, 1.807) is 6.92 Å². The normalized spacial score (nSPS) is 25.0. The molecular weight excluding hydrogens is 323 g/mol. The van der Waals surface area contributed by atoms with E-state index in [1.165, 1.54) is 29.7 Å². The molecule has 0 saturated heterocycles. The van der Waals surface area contributed by atoms with E-state index in [-0.39, 0.29) is 11.4 Å². The number of allylic oxidation sites excluding steroid dienone is 2. The van der Waals surface area contributed by atoms with Crippen molar-refractivity contribution in [3.8, 4) is 5.75 Å². The van der Waals surface area contributed by atoms with Gasteiger partial charge in [0.1, 0.15) is 5.75 Å². The van der Waals surface area contributed by atoms with Gasteiger partial charge in [0.2, 0.25) is 0 Å². The summed E-state index contributed by atoms with van der Waals surface area (Å²) in [6.07, 6.45) is -0.711. The Bertz CT molecular complexity index is 637. The second-order valence-electron chi connectivity index (χ2n) is 4.86. The minimum Gasteiger partial charge on any atom is -0.405 e. The Kier molecular flexibility index (Phi) is 4.30. The fourth-order valence-corrected chi connectivity index (χ4v) is 3.38. The lowest BCUT2D eigenvalue weighted by Gasteiger charge is -2.33. The van der Waals surface area contributed by atoms with Gasteiger partial charge in [-0.05, 0) is 18.1 Å². The van der Waals surface area contributed by atoms with Crippen molar-refractivity contribution in [3.05, 3.63) is 50.4 Å². The highest BCUT2D eigenvalue weighted by molar-refractivity contribution is 7.10. The number of halogens is 3. The summed E-state index contributed by atoms with van der Waals surface area (Å²) in [6, 6.07) is 1.19. The highest BCUT2D eigenvalue weighted by Gasteiger charge is 2.40. The summed E-state index contributed by atoms with van der Waals surface area (Å²) in [5.41, 5.74) is -1.11. The van der Waals surface area contributed by atoms with Crippen LogP contribution < -0.4 is 4.74 Å². The van der Waals surface area contributed by atoms with Gasteiger partial charge in [0.25, 0.3) is 5.70 Å². The van der Waals surface area contributed by atoms with E-state index in [0.29, 0.717) is 4.88 Å². The van der Waals surface area contributed by atoms with Crippen LogP contribution in [0.3, 0.4) is 0 Å². The number of ether oxygens (including phenoxy) is 1. The fourth-order valence-electron chi connectivity index (χ4n) is 2.30. The molecule has 0 spiro atoms. The van der Waals surface area contributed by atoms with Crippen LogP contribution in [0.25, 0.3) is 0 Å². The molecule has 9 heteroatoms. The second kappa shape index (κ2) is 5.73. The third-order valence-electron chi connectivity index (χ3n) is 3.52. The summed E-state index contributed by atoms with van der Waals surface area (Å²) < 4.78 is 40.5. The van der Waals surface area contributed by atoms with Gasteiger partial charge in [0.05, 0.1) is 16.9 Å². The van der Waals surface area contributed by atoms with Crippen molar-refractivity contribution in [2.45, 2.75) is 18.7 Å². The zero-order valence-electron chi connectivity index (χ0n) is 11.3. The lowest BCUT2D eigenvalue weighted by molar-refractivity contribution is -0.419. The molecule has 2 atom stereocenters. The molecule has 0 aromatic carbocycles. The second-order valence-corrected chi connectivity index (χ2v) is 5.77. The summed E-state index contributed by atoms with van der Waals surface area (Å²) >= 11 is 0.998. The minimum absolute atomic E-state index is 0.111. The molecule has 0 fully saturated rings. The van der Waals surface area contributed by atoms with Crippen molar-refractivity contribution >= 4 is 11.3 Å². The highest BCUT2D eigenvalue weighted by atomic mass is 32.1. The first kappa shape index (κ1) is 16.5. The van der Waals surface area contributed by atoms with Crippen molar-refractivity contribution in [2.75, 3.05) is 6.61 Å². The first-order valence-corrected chi connectivity index (χ1v) is 7.07. The number of aliphatic hydroxyl groups excluding tert-OH is 1. The molecule has 1 aliphatic carbocycles. The SMILES string of the molecule is CC1C=C([N+](=O)[O-])C=CC1(CO)c1cc(OC(F)(F)F)cs1. The van der Waals surface area contributed by atoms with Gasteiger partial charge in [0.15, 0.2) is 0 Å². The van der Waals surface area contributed by atoms with E-state index < -0.39 is 29.2 Å². The predicted octanol–water partition coefficient (Wildman–Crippen LogP) is 3.24. The average molecular weight is 335 g/mol. The highest BCUT2D eigenvalue weighted by Crippen LogP contribution is 2.43. The maximum Gasteiger partial charge on any atom is 0.573 e.